The van der Waals surface area contributed by atoms with Crippen molar-refractivity contribution in [3.8, 4) is 0 Å². The Morgan fingerprint density at radius 3 is 2.29 bits per heavy atom. The quantitative estimate of drug-likeness (QED) is 0.616. The summed E-state index contributed by atoms with van der Waals surface area (Å²) in [6, 6.07) is 18.2. The van der Waals surface area contributed by atoms with E-state index in [4.69, 9.17) is 11.6 Å². The smallest absolute Gasteiger partial charge is 0.261 e. The maximum atomic E-state index is 12.6. The van der Waals surface area contributed by atoms with Crippen LogP contribution in [-0.4, -0.2) is 14.3 Å². The van der Waals surface area contributed by atoms with Crippen LogP contribution in [0.5, 0.6) is 0 Å². The third-order valence-electron chi connectivity index (χ3n) is 4.30. The van der Waals surface area contributed by atoms with Gasteiger partial charge in [0.15, 0.2) is 0 Å². The number of aryl methyl sites for hydroxylation is 1. The number of rotatable bonds is 5. The molecule has 0 aromatic heterocycles. The van der Waals surface area contributed by atoms with Gasteiger partial charge in [-0.3, -0.25) is 9.52 Å². The second-order valence-electron chi connectivity index (χ2n) is 6.31. The van der Waals surface area contributed by atoms with Crippen LogP contribution >= 0.6 is 11.6 Å². The van der Waals surface area contributed by atoms with Gasteiger partial charge in [0.2, 0.25) is 0 Å². The average Bonchev–Trinajstić information content (AvgIpc) is 2.67. The minimum absolute atomic E-state index is 0.174. The Balaban J connectivity index is 1.80. The number of carbonyl (C=O) groups excluding carboxylic acids is 1. The lowest BCUT2D eigenvalue weighted by molar-refractivity contribution is 0.102. The molecule has 0 fully saturated rings. The zero-order valence-corrected chi connectivity index (χ0v) is 16.9. The minimum atomic E-state index is -3.69. The Hall–Kier alpha value is -2.83. The number of carbonyl (C=O) groups is 1. The zero-order valence-electron chi connectivity index (χ0n) is 15.4. The van der Waals surface area contributed by atoms with E-state index in [9.17, 15) is 13.2 Å². The van der Waals surface area contributed by atoms with E-state index in [1.807, 2.05) is 6.92 Å². The summed E-state index contributed by atoms with van der Waals surface area (Å²) in [4.78, 5) is 12.7. The molecule has 0 aliphatic carbocycles. The van der Waals surface area contributed by atoms with E-state index in [-0.39, 0.29) is 10.8 Å². The highest BCUT2D eigenvalue weighted by atomic mass is 35.5. The third kappa shape index (κ3) is 4.35. The molecule has 5 nitrogen and oxygen atoms in total. The van der Waals surface area contributed by atoms with Crippen molar-refractivity contribution in [2.45, 2.75) is 18.7 Å². The highest BCUT2D eigenvalue weighted by molar-refractivity contribution is 7.92. The summed E-state index contributed by atoms with van der Waals surface area (Å²) >= 11 is 6.08. The molecule has 144 valence electrons. The van der Waals surface area contributed by atoms with Gasteiger partial charge in [-0.05, 0) is 67.4 Å². The molecule has 0 unspecified atom stereocenters. The van der Waals surface area contributed by atoms with E-state index < -0.39 is 10.0 Å². The SMILES string of the molecule is Cc1cc(C(=O)Nc2cccc(Cl)c2C)ccc1NS(=O)(=O)c1ccccc1. The summed E-state index contributed by atoms with van der Waals surface area (Å²) in [7, 11) is -3.69. The largest absolute Gasteiger partial charge is 0.322 e. The molecule has 0 saturated carbocycles. The molecule has 0 aliphatic heterocycles. The number of amides is 1. The van der Waals surface area contributed by atoms with E-state index in [1.54, 1.807) is 61.5 Å². The fraction of sp³-hybridized carbons (Fsp3) is 0.0952. The molecule has 0 bridgehead atoms. The third-order valence-corrected chi connectivity index (χ3v) is 6.09. The Bertz CT molecular complexity index is 1130. The van der Waals surface area contributed by atoms with Gasteiger partial charge < -0.3 is 5.32 Å². The van der Waals surface area contributed by atoms with Gasteiger partial charge in [-0.25, -0.2) is 8.42 Å². The summed E-state index contributed by atoms with van der Waals surface area (Å²) in [5.41, 5.74) is 2.87. The molecule has 0 atom stereocenters. The van der Waals surface area contributed by atoms with Crippen molar-refractivity contribution >= 4 is 38.9 Å². The molecule has 7 heteroatoms. The van der Waals surface area contributed by atoms with E-state index in [1.165, 1.54) is 12.1 Å². The van der Waals surface area contributed by atoms with Gasteiger partial charge >= 0.3 is 0 Å². The summed E-state index contributed by atoms with van der Waals surface area (Å²) in [5.74, 6) is -0.300. The van der Waals surface area contributed by atoms with Crippen molar-refractivity contribution in [2.75, 3.05) is 10.0 Å². The van der Waals surface area contributed by atoms with Gasteiger partial charge in [-0.1, -0.05) is 35.9 Å². The zero-order chi connectivity index (χ0) is 20.3. The number of hydrogen-bond acceptors (Lipinski definition) is 3. The number of sulfonamides is 1. The van der Waals surface area contributed by atoms with E-state index in [2.05, 4.69) is 10.0 Å². The summed E-state index contributed by atoms with van der Waals surface area (Å²) in [6.45, 7) is 3.56. The van der Waals surface area contributed by atoms with Gasteiger partial charge in [0.05, 0.1) is 10.6 Å². The van der Waals surface area contributed by atoms with Gasteiger partial charge in [-0.2, -0.15) is 0 Å². The van der Waals surface area contributed by atoms with Crippen molar-refractivity contribution in [1.82, 2.24) is 0 Å². The Labute approximate surface area is 169 Å². The molecule has 0 aliphatic rings. The molecule has 3 rings (SSSR count). The first-order chi connectivity index (χ1) is 13.3. The van der Waals surface area contributed by atoms with E-state index in [0.29, 0.717) is 27.5 Å². The molecule has 0 heterocycles. The first-order valence-corrected chi connectivity index (χ1v) is 10.4. The van der Waals surface area contributed by atoms with Crippen LogP contribution in [0.2, 0.25) is 5.02 Å². The summed E-state index contributed by atoms with van der Waals surface area (Å²) < 4.78 is 27.5. The van der Waals surface area contributed by atoms with Crippen LogP contribution in [0.15, 0.2) is 71.6 Å². The van der Waals surface area contributed by atoms with Crippen molar-refractivity contribution in [1.29, 1.82) is 0 Å². The van der Waals surface area contributed by atoms with Gasteiger partial charge in [0.1, 0.15) is 0 Å². The van der Waals surface area contributed by atoms with E-state index in [0.717, 1.165) is 5.56 Å². The van der Waals surface area contributed by atoms with Gasteiger partial charge in [-0.15, -0.1) is 0 Å². The highest BCUT2D eigenvalue weighted by Gasteiger charge is 2.16. The van der Waals surface area contributed by atoms with Crippen LogP contribution in [0.3, 0.4) is 0 Å². The second-order valence-corrected chi connectivity index (χ2v) is 8.40. The number of nitrogens with one attached hydrogen (secondary N) is 2. The molecule has 3 aromatic rings. The van der Waals surface area contributed by atoms with Crippen molar-refractivity contribution in [3.63, 3.8) is 0 Å². The summed E-state index contributed by atoms with van der Waals surface area (Å²) in [6.07, 6.45) is 0. The standard InChI is InChI=1S/C21H19ClN2O3S/c1-14-13-16(21(25)23-20-10-6-9-18(22)15(20)2)11-12-19(14)24-28(26,27)17-7-4-3-5-8-17/h3-13,24H,1-2H3,(H,23,25). The number of halogens is 1. The van der Waals surface area contributed by atoms with Crippen LogP contribution < -0.4 is 10.0 Å². The van der Waals surface area contributed by atoms with E-state index >= 15 is 0 Å². The first kappa shape index (κ1) is 19.9. The predicted molar refractivity (Wildman–Crippen MR) is 113 cm³/mol. The molecule has 0 radical (unpaired) electrons. The minimum Gasteiger partial charge on any atom is -0.322 e. The van der Waals surface area contributed by atoms with Crippen LogP contribution in [0.25, 0.3) is 0 Å². The van der Waals surface area contributed by atoms with Crippen molar-refractivity contribution in [3.05, 3.63) is 88.4 Å². The lowest BCUT2D eigenvalue weighted by atomic mass is 10.1. The Kier molecular flexibility index (Phi) is 5.72. The molecular weight excluding hydrogens is 396 g/mol. The lowest BCUT2D eigenvalue weighted by Gasteiger charge is -2.13. The van der Waals surface area contributed by atoms with Gasteiger partial charge in [0, 0.05) is 16.3 Å². The molecule has 3 aromatic carbocycles. The topological polar surface area (TPSA) is 75.3 Å². The van der Waals surface area contributed by atoms with Crippen molar-refractivity contribution < 1.29 is 13.2 Å². The normalized spacial score (nSPS) is 11.1. The number of anilines is 2. The maximum Gasteiger partial charge on any atom is 0.261 e. The average molecular weight is 415 g/mol. The fourth-order valence-electron chi connectivity index (χ4n) is 2.66. The molecule has 2 N–H and O–H groups in total. The van der Waals surface area contributed by atoms with Crippen LogP contribution in [0.4, 0.5) is 11.4 Å². The van der Waals surface area contributed by atoms with Gasteiger partial charge in [0.25, 0.3) is 15.9 Å². The molecule has 28 heavy (non-hydrogen) atoms. The maximum absolute atomic E-state index is 12.6. The molecule has 0 saturated heterocycles. The Morgan fingerprint density at radius 2 is 1.61 bits per heavy atom. The number of benzene rings is 3. The molecule has 1 amide bonds. The van der Waals surface area contributed by atoms with Crippen LogP contribution in [0.1, 0.15) is 21.5 Å². The fourth-order valence-corrected chi connectivity index (χ4v) is 3.99. The first-order valence-electron chi connectivity index (χ1n) is 8.53. The highest BCUT2D eigenvalue weighted by Crippen LogP contribution is 2.25. The Morgan fingerprint density at radius 1 is 0.893 bits per heavy atom. The van der Waals surface area contributed by atoms with Crippen LogP contribution in [0, 0.1) is 13.8 Å². The number of hydrogen-bond donors (Lipinski definition) is 2. The lowest BCUT2D eigenvalue weighted by Crippen LogP contribution is -2.15. The van der Waals surface area contributed by atoms with Crippen LogP contribution in [-0.2, 0) is 10.0 Å². The predicted octanol–water partition coefficient (Wildman–Crippen LogP) is 5.01. The summed E-state index contributed by atoms with van der Waals surface area (Å²) in [5, 5.41) is 3.40. The monoisotopic (exact) mass is 414 g/mol. The molecular formula is C21H19ClN2O3S. The van der Waals surface area contributed by atoms with Crippen molar-refractivity contribution in [2.24, 2.45) is 0 Å². The molecule has 0 spiro atoms. The second kappa shape index (κ2) is 8.04.